The SMILES string of the molecule is N#Cc1cccc(NC(=O)c2cc(Cl)ncc2Cl)c1. The highest BCUT2D eigenvalue weighted by Crippen LogP contribution is 2.20. The van der Waals surface area contributed by atoms with Crippen molar-refractivity contribution in [3.8, 4) is 6.07 Å². The van der Waals surface area contributed by atoms with Crippen molar-refractivity contribution in [2.45, 2.75) is 0 Å². The van der Waals surface area contributed by atoms with E-state index in [-0.39, 0.29) is 15.7 Å². The first-order chi connectivity index (χ1) is 9.10. The van der Waals surface area contributed by atoms with Crippen LogP contribution in [0.1, 0.15) is 15.9 Å². The van der Waals surface area contributed by atoms with E-state index in [1.54, 1.807) is 24.3 Å². The van der Waals surface area contributed by atoms with Crippen molar-refractivity contribution < 1.29 is 4.79 Å². The number of halogens is 2. The topological polar surface area (TPSA) is 65.8 Å². The molecule has 0 spiro atoms. The highest BCUT2D eigenvalue weighted by molar-refractivity contribution is 6.35. The fraction of sp³-hybridized carbons (Fsp3) is 0. The van der Waals surface area contributed by atoms with E-state index in [0.717, 1.165) is 0 Å². The summed E-state index contributed by atoms with van der Waals surface area (Å²) in [6, 6.07) is 9.94. The van der Waals surface area contributed by atoms with Gasteiger partial charge < -0.3 is 5.32 Å². The second-order valence-corrected chi connectivity index (χ2v) is 4.43. The third kappa shape index (κ3) is 3.22. The van der Waals surface area contributed by atoms with Gasteiger partial charge >= 0.3 is 0 Å². The van der Waals surface area contributed by atoms with Gasteiger partial charge in [-0.1, -0.05) is 29.3 Å². The van der Waals surface area contributed by atoms with Crippen LogP contribution in [0.2, 0.25) is 10.2 Å². The summed E-state index contributed by atoms with van der Waals surface area (Å²) in [6.07, 6.45) is 1.31. The summed E-state index contributed by atoms with van der Waals surface area (Å²) in [7, 11) is 0. The van der Waals surface area contributed by atoms with Gasteiger partial charge in [-0.25, -0.2) is 4.98 Å². The van der Waals surface area contributed by atoms with E-state index in [1.165, 1.54) is 12.3 Å². The van der Waals surface area contributed by atoms with E-state index in [9.17, 15) is 4.79 Å². The molecule has 0 aliphatic carbocycles. The van der Waals surface area contributed by atoms with Crippen molar-refractivity contribution in [1.29, 1.82) is 5.26 Å². The van der Waals surface area contributed by atoms with Gasteiger partial charge in [-0.2, -0.15) is 5.26 Å². The lowest BCUT2D eigenvalue weighted by molar-refractivity contribution is 0.102. The molecule has 2 aromatic rings. The summed E-state index contributed by atoms with van der Waals surface area (Å²) in [6.45, 7) is 0. The Bertz CT molecular complexity index is 680. The molecular formula is C13H7Cl2N3O. The number of nitriles is 1. The van der Waals surface area contributed by atoms with Crippen LogP contribution in [-0.2, 0) is 0 Å². The second-order valence-electron chi connectivity index (χ2n) is 3.63. The summed E-state index contributed by atoms with van der Waals surface area (Å²) in [5.74, 6) is -0.413. The third-order valence-electron chi connectivity index (χ3n) is 2.32. The van der Waals surface area contributed by atoms with E-state index < -0.39 is 5.91 Å². The normalized spacial score (nSPS) is 9.74. The minimum atomic E-state index is -0.413. The number of hydrogen-bond donors (Lipinski definition) is 1. The average molecular weight is 292 g/mol. The maximum atomic E-state index is 12.0. The van der Waals surface area contributed by atoms with E-state index >= 15 is 0 Å². The molecule has 0 atom stereocenters. The zero-order valence-electron chi connectivity index (χ0n) is 9.52. The Morgan fingerprint density at radius 3 is 2.84 bits per heavy atom. The number of anilines is 1. The van der Waals surface area contributed by atoms with Gasteiger partial charge in [-0.15, -0.1) is 0 Å². The Hall–Kier alpha value is -2.09. The highest BCUT2D eigenvalue weighted by atomic mass is 35.5. The molecule has 2 rings (SSSR count). The quantitative estimate of drug-likeness (QED) is 0.861. The van der Waals surface area contributed by atoms with Crippen LogP contribution < -0.4 is 5.32 Å². The summed E-state index contributed by atoms with van der Waals surface area (Å²) in [5, 5.41) is 11.8. The van der Waals surface area contributed by atoms with Crippen LogP contribution in [0, 0.1) is 11.3 Å². The minimum absolute atomic E-state index is 0.181. The molecule has 1 aromatic carbocycles. The zero-order valence-corrected chi connectivity index (χ0v) is 11.0. The van der Waals surface area contributed by atoms with Gasteiger partial charge in [0.25, 0.3) is 5.91 Å². The number of benzene rings is 1. The van der Waals surface area contributed by atoms with Gasteiger partial charge in [0, 0.05) is 11.9 Å². The average Bonchev–Trinajstić information content (AvgIpc) is 2.41. The molecule has 0 saturated heterocycles. The van der Waals surface area contributed by atoms with Gasteiger partial charge in [0.05, 0.1) is 22.2 Å². The molecule has 0 aliphatic heterocycles. The molecule has 0 fully saturated rings. The van der Waals surface area contributed by atoms with E-state index in [1.807, 2.05) is 6.07 Å². The molecular weight excluding hydrogens is 285 g/mol. The fourth-order valence-electron chi connectivity index (χ4n) is 1.45. The predicted octanol–water partition coefficient (Wildman–Crippen LogP) is 3.51. The van der Waals surface area contributed by atoms with Crippen molar-refractivity contribution in [1.82, 2.24) is 4.98 Å². The summed E-state index contributed by atoms with van der Waals surface area (Å²) < 4.78 is 0. The third-order valence-corrected chi connectivity index (χ3v) is 2.82. The van der Waals surface area contributed by atoms with Crippen LogP contribution in [0.3, 0.4) is 0 Å². The molecule has 0 saturated carbocycles. The largest absolute Gasteiger partial charge is 0.322 e. The van der Waals surface area contributed by atoms with Crippen LogP contribution in [0.5, 0.6) is 0 Å². The number of pyridine rings is 1. The van der Waals surface area contributed by atoms with Crippen molar-refractivity contribution >= 4 is 34.8 Å². The first-order valence-electron chi connectivity index (χ1n) is 5.22. The number of carbonyl (C=O) groups is 1. The molecule has 0 radical (unpaired) electrons. The molecule has 1 amide bonds. The number of rotatable bonds is 2. The molecule has 0 aliphatic rings. The number of nitrogens with zero attached hydrogens (tertiary/aromatic N) is 2. The Morgan fingerprint density at radius 1 is 1.32 bits per heavy atom. The summed E-state index contributed by atoms with van der Waals surface area (Å²) in [5.41, 5.74) is 1.19. The summed E-state index contributed by atoms with van der Waals surface area (Å²) in [4.78, 5) is 15.8. The van der Waals surface area contributed by atoms with Crippen molar-refractivity contribution in [2.24, 2.45) is 0 Å². The number of nitrogens with one attached hydrogen (secondary N) is 1. The number of hydrogen-bond acceptors (Lipinski definition) is 3. The van der Waals surface area contributed by atoms with Gasteiger partial charge in [0.1, 0.15) is 5.15 Å². The van der Waals surface area contributed by atoms with Crippen molar-refractivity contribution in [3.05, 3.63) is 57.8 Å². The molecule has 6 heteroatoms. The lowest BCUT2D eigenvalue weighted by atomic mass is 10.2. The predicted molar refractivity (Wildman–Crippen MR) is 73.4 cm³/mol. The summed E-state index contributed by atoms with van der Waals surface area (Å²) >= 11 is 11.6. The second kappa shape index (κ2) is 5.70. The fourth-order valence-corrected chi connectivity index (χ4v) is 1.80. The maximum absolute atomic E-state index is 12.0. The van der Waals surface area contributed by atoms with Crippen molar-refractivity contribution in [2.75, 3.05) is 5.32 Å². The molecule has 1 N–H and O–H groups in total. The Morgan fingerprint density at radius 2 is 2.11 bits per heavy atom. The van der Waals surface area contributed by atoms with Crippen LogP contribution in [-0.4, -0.2) is 10.9 Å². The van der Waals surface area contributed by atoms with Gasteiger partial charge in [0.2, 0.25) is 0 Å². The monoisotopic (exact) mass is 291 g/mol. The van der Waals surface area contributed by atoms with Gasteiger partial charge in [-0.3, -0.25) is 4.79 Å². The Balaban J connectivity index is 2.26. The van der Waals surface area contributed by atoms with Gasteiger partial charge in [0.15, 0.2) is 0 Å². The van der Waals surface area contributed by atoms with Crippen molar-refractivity contribution in [3.63, 3.8) is 0 Å². The molecule has 94 valence electrons. The van der Waals surface area contributed by atoms with E-state index in [0.29, 0.717) is 11.3 Å². The lowest BCUT2D eigenvalue weighted by Crippen LogP contribution is -2.12. The van der Waals surface area contributed by atoms with E-state index in [2.05, 4.69) is 10.3 Å². The van der Waals surface area contributed by atoms with Gasteiger partial charge in [-0.05, 0) is 24.3 Å². The van der Waals surface area contributed by atoms with Crippen LogP contribution in [0.4, 0.5) is 5.69 Å². The maximum Gasteiger partial charge on any atom is 0.257 e. The molecule has 1 heterocycles. The highest BCUT2D eigenvalue weighted by Gasteiger charge is 2.12. The molecule has 19 heavy (non-hydrogen) atoms. The first-order valence-corrected chi connectivity index (χ1v) is 5.98. The number of amides is 1. The molecule has 1 aromatic heterocycles. The Labute approximate surface area is 119 Å². The molecule has 0 unspecified atom stereocenters. The minimum Gasteiger partial charge on any atom is -0.322 e. The van der Waals surface area contributed by atoms with E-state index in [4.69, 9.17) is 28.5 Å². The van der Waals surface area contributed by atoms with Crippen LogP contribution in [0.15, 0.2) is 36.5 Å². The lowest BCUT2D eigenvalue weighted by Gasteiger charge is -2.07. The van der Waals surface area contributed by atoms with Crippen LogP contribution in [0.25, 0.3) is 0 Å². The van der Waals surface area contributed by atoms with Crippen LogP contribution >= 0.6 is 23.2 Å². The number of carbonyl (C=O) groups excluding carboxylic acids is 1. The standard InChI is InChI=1S/C13H7Cl2N3O/c14-11-7-17-12(15)5-10(11)13(19)18-9-3-1-2-8(4-9)6-16/h1-5,7H,(H,18,19). The molecule has 4 nitrogen and oxygen atoms in total. The zero-order chi connectivity index (χ0) is 13.8. The molecule has 0 bridgehead atoms. The smallest absolute Gasteiger partial charge is 0.257 e. The first kappa shape index (κ1) is 13.3. The Kier molecular flexibility index (Phi) is 4.00. The number of aromatic nitrogens is 1.